The van der Waals surface area contributed by atoms with E-state index in [4.69, 9.17) is 11.6 Å². The summed E-state index contributed by atoms with van der Waals surface area (Å²) >= 11 is 9.82. The van der Waals surface area contributed by atoms with Gasteiger partial charge in [0.25, 0.3) is 5.69 Å². The van der Waals surface area contributed by atoms with Crippen molar-refractivity contribution in [1.29, 1.82) is 0 Å². The topological polar surface area (TPSA) is 43.1 Å². The maximum Gasteiger partial charge on any atom is 0.284 e. The van der Waals surface area contributed by atoms with Gasteiger partial charge in [-0.05, 0) is 27.9 Å². The zero-order valence-corrected chi connectivity index (χ0v) is 12.1. The Morgan fingerprint density at radius 3 is 2.82 bits per heavy atom. The minimum atomic E-state index is -0.516. The summed E-state index contributed by atoms with van der Waals surface area (Å²) in [6.07, 6.45) is 0. The average molecular weight is 343 g/mol. The second-order valence-corrected chi connectivity index (χ2v) is 5.79. The molecule has 0 bridgehead atoms. The molecule has 1 aromatic carbocycles. The smallest absolute Gasteiger partial charge is 0.258 e. The van der Waals surface area contributed by atoms with Crippen molar-refractivity contribution in [1.82, 2.24) is 0 Å². The van der Waals surface area contributed by atoms with E-state index in [1.54, 1.807) is 0 Å². The normalized spacial score (nSPS) is 12.5. The van der Waals surface area contributed by atoms with Crippen LogP contribution in [-0.2, 0) is 0 Å². The summed E-state index contributed by atoms with van der Waals surface area (Å²) in [4.78, 5) is 10.6. The van der Waals surface area contributed by atoms with E-state index < -0.39 is 10.7 Å². The summed E-state index contributed by atoms with van der Waals surface area (Å²) in [5, 5.41) is 10.8. The number of hydrogen-bond acceptors (Lipinski definition) is 3. The molecule has 0 aliphatic heterocycles. The summed E-state index contributed by atoms with van der Waals surface area (Å²) in [6, 6.07) is 2.36. The lowest BCUT2D eigenvalue weighted by molar-refractivity contribution is -0.387. The first-order chi connectivity index (χ1) is 7.95. The predicted molar refractivity (Wildman–Crippen MR) is 71.4 cm³/mol. The quantitative estimate of drug-likeness (QED) is 0.343. The van der Waals surface area contributed by atoms with Gasteiger partial charge in [0, 0.05) is 17.7 Å². The van der Waals surface area contributed by atoms with Gasteiger partial charge >= 0.3 is 0 Å². The zero-order chi connectivity index (χ0) is 13.0. The molecular formula is C10H10BrClFNO2S. The van der Waals surface area contributed by atoms with E-state index in [-0.39, 0.29) is 16.1 Å². The Balaban J connectivity index is 2.96. The van der Waals surface area contributed by atoms with Crippen LogP contribution in [0.2, 0.25) is 0 Å². The molecule has 1 atom stereocenters. The van der Waals surface area contributed by atoms with Crippen LogP contribution in [0.4, 0.5) is 10.1 Å². The number of rotatable bonds is 5. The first-order valence-corrected chi connectivity index (χ1v) is 7.09. The largest absolute Gasteiger partial charge is 0.284 e. The third-order valence-electron chi connectivity index (χ3n) is 1.99. The van der Waals surface area contributed by atoms with Gasteiger partial charge in [-0.2, -0.15) is 0 Å². The molecule has 1 aromatic rings. The lowest BCUT2D eigenvalue weighted by Gasteiger charge is -2.07. The average Bonchev–Trinajstić information content (AvgIpc) is 2.29. The van der Waals surface area contributed by atoms with Crippen molar-refractivity contribution >= 4 is 45.0 Å². The molecule has 7 heteroatoms. The number of alkyl halides is 1. The predicted octanol–water partition coefficient (Wildman–Crippen LogP) is 4.46. The molecule has 0 aromatic heterocycles. The highest BCUT2D eigenvalue weighted by molar-refractivity contribution is 9.10. The Labute approximate surface area is 116 Å². The molecule has 0 saturated carbocycles. The fraction of sp³-hybridized carbons (Fsp3) is 0.400. The van der Waals surface area contributed by atoms with Crippen molar-refractivity contribution in [2.45, 2.75) is 11.8 Å². The van der Waals surface area contributed by atoms with E-state index in [1.165, 1.54) is 23.9 Å². The molecule has 1 unspecified atom stereocenters. The van der Waals surface area contributed by atoms with E-state index in [0.717, 1.165) is 0 Å². The van der Waals surface area contributed by atoms with Crippen LogP contribution in [0.5, 0.6) is 0 Å². The molecule has 1 rings (SSSR count). The van der Waals surface area contributed by atoms with Gasteiger partial charge in [-0.25, -0.2) is 4.39 Å². The fourth-order valence-electron chi connectivity index (χ4n) is 1.05. The third kappa shape index (κ3) is 4.12. The number of halogens is 3. The Morgan fingerprint density at radius 2 is 2.29 bits per heavy atom. The standard InChI is InChI=1S/C10H10BrClFNO2S/c1-6(4-12)5-17-10-3-8(13)7(11)2-9(10)14(15)16/h2-3,6H,4-5H2,1H3. The molecule has 0 aliphatic rings. The van der Waals surface area contributed by atoms with Gasteiger partial charge in [0.05, 0.1) is 14.3 Å². The van der Waals surface area contributed by atoms with Gasteiger partial charge in [0.1, 0.15) is 5.82 Å². The third-order valence-corrected chi connectivity index (χ3v) is 4.49. The Kier molecular flexibility index (Phi) is 5.69. The van der Waals surface area contributed by atoms with E-state index in [9.17, 15) is 14.5 Å². The van der Waals surface area contributed by atoms with E-state index in [1.807, 2.05) is 6.92 Å². The van der Waals surface area contributed by atoms with Crippen molar-refractivity contribution in [2.24, 2.45) is 5.92 Å². The molecule has 3 nitrogen and oxygen atoms in total. The molecular weight excluding hydrogens is 333 g/mol. The second kappa shape index (κ2) is 6.56. The monoisotopic (exact) mass is 341 g/mol. The molecule has 0 spiro atoms. The number of nitro benzene ring substituents is 1. The highest BCUT2D eigenvalue weighted by atomic mass is 79.9. The van der Waals surface area contributed by atoms with Gasteiger partial charge in [-0.15, -0.1) is 23.4 Å². The number of nitrogens with zero attached hydrogens (tertiary/aromatic N) is 1. The molecule has 17 heavy (non-hydrogen) atoms. The minimum absolute atomic E-state index is 0.0925. The first-order valence-electron chi connectivity index (χ1n) is 4.78. The van der Waals surface area contributed by atoms with E-state index in [0.29, 0.717) is 16.5 Å². The Hall–Kier alpha value is -0.330. The first kappa shape index (κ1) is 14.7. The molecule has 94 valence electrons. The van der Waals surface area contributed by atoms with Gasteiger partial charge in [-0.1, -0.05) is 6.92 Å². The lowest BCUT2D eigenvalue weighted by Crippen LogP contribution is -2.00. The Bertz CT molecular complexity index is 433. The second-order valence-electron chi connectivity index (χ2n) is 3.56. The number of thioether (sulfide) groups is 1. The Morgan fingerprint density at radius 1 is 1.65 bits per heavy atom. The number of nitro groups is 1. The van der Waals surface area contributed by atoms with Gasteiger partial charge < -0.3 is 0 Å². The summed E-state index contributed by atoms with van der Waals surface area (Å²) < 4.78 is 13.4. The van der Waals surface area contributed by atoms with Crippen molar-refractivity contribution in [2.75, 3.05) is 11.6 Å². The summed E-state index contributed by atoms with van der Waals surface area (Å²) in [7, 11) is 0. The van der Waals surface area contributed by atoms with Crippen LogP contribution < -0.4 is 0 Å². The summed E-state index contributed by atoms with van der Waals surface area (Å²) in [5.74, 6) is 0.801. The fourth-order valence-corrected chi connectivity index (χ4v) is 2.67. The van der Waals surface area contributed by atoms with Crippen LogP contribution in [-0.4, -0.2) is 16.6 Å². The van der Waals surface area contributed by atoms with Crippen LogP contribution in [0.25, 0.3) is 0 Å². The van der Waals surface area contributed by atoms with Gasteiger partial charge in [-0.3, -0.25) is 10.1 Å². The molecule has 0 amide bonds. The van der Waals surface area contributed by atoms with Crippen molar-refractivity contribution in [3.8, 4) is 0 Å². The van der Waals surface area contributed by atoms with Crippen LogP contribution in [0.3, 0.4) is 0 Å². The number of benzene rings is 1. The van der Waals surface area contributed by atoms with Crippen molar-refractivity contribution < 1.29 is 9.31 Å². The SMILES string of the molecule is CC(CCl)CSc1cc(F)c(Br)cc1[N+](=O)[O-]. The molecule has 0 radical (unpaired) electrons. The van der Waals surface area contributed by atoms with E-state index in [2.05, 4.69) is 15.9 Å². The highest BCUT2D eigenvalue weighted by Crippen LogP contribution is 2.34. The minimum Gasteiger partial charge on any atom is -0.258 e. The zero-order valence-electron chi connectivity index (χ0n) is 8.95. The molecule has 0 saturated heterocycles. The van der Waals surface area contributed by atoms with Gasteiger partial charge in [0.15, 0.2) is 0 Å². The number of hydrogen-bond donors (Lipinski definition) is 0. The molecule has 0 fully saturated rings. The molecule has 0 heterocycles. The van der Waals surface area contributed by atoms with Crippen LogP contribution in [0.15, 0.2) is 21.5 Å². The van der Waals surface area contributed by atoms with Crippen LogP contribution in [0, 0.1) is 21.8 Å². The lowest BCUT2D eigenvalue weighted by atomic mass is 10.3. The summed E-state index contributed by atoms with van der Waals surface area (Å²) in [6.45, 7) is 1.93. The van der Waals surface area contributed by atoms with Crippen molar-refractivity contribution in [3.05, 3.63) is 32.5 Å². The summed E-state index contributed by atoms with van der Waals surface area (Å²) in [5.41, 5.74) is -0.0925. The van der Waals surface area contributed by atoms with Crippen LogP contribution >= 0.6 is 39.3 Å². The van der Waals surface area contributed by atoms with Crippen LogP contribution in [0.1, 0.15) is 6.92 Å². The van der Waals surface area contributed by atoms with Gasteiger partial charge in [0.2, 0.25) is 0 Å². The van der Waals surface area contributed by atoms with E-state index >= 15 is 0 Å². The molecule has 0 N–H and O–H groups in total. The maximum atomic E-state index is 13.3. The maximum absolute atomic E-state index is 13.3. The highest BCUT2D eigenvalue weighted by Gasteiger charge is 2.18. The van der Waals surface area contributed by atoms with Crippen molar-refractivity contribution in [3.63, 3.8) is 0 Å². The molecule has 0 aliphatic carbocycles.